The van der Waals surface area contributed by atoms with Gasteiger partial charge in [0.1, 0.15) is 11.5 Å². The van der Waals surface area contributed by atoms with Crippen molar-refractivity contribution in [3.8, 4) is 11.5 Å². The predicted molar refractivity (Wildman–Crippen MR) is 96.0 cm³/mol. The summed E-state index contributed by atoms with van der Waals surface area (Å²) in [6.45, 7) is 2.34. The SMILES string of the molecule is CCCOc1ccc(OCC(=O)Nc2ccc(S(=O)(=O)C(F)F)cc2)cc1. The van der Waals surface area contributed by atoms with E-state index in [1.807, 2.05) is 6.92 Å². The Morgan fingerprint density at radius 3 is 2.07 bits per heavy atom. The minimum Gasteiger partial charge on any atom is -0.494 e. The number of benzene rings is 2. The second kappa shape index (κ2) is 9.31. The van der Waals surface area contributed by atoms with Crippen LogP contribution in [-0.2, 0) is 14.6 Å². The molecule has 0 aliphatic rings. The Bertz CT molecular complexity index is 852. The maximum atomic E-state index is 12.5. The van der Waals surface area contributed by atoms with E-state index in [9.17, 15) is 22.0 Å². The van der Waals surface area contributed by atoms with E-state index in [1.54, 1.807) is 24.3 Å². The Balaban J connectivity index is 1.87. The number of amides is 1. The van der Waals surface area contributed by atoms with Crippen molar-refractivity contribution in [3.05, 3.63) is 48.5 Å². The highest BCUT2D eigenvalue weighted by molar-refractivity contribution is 7.91. The number of anilines is 1. The van der Waals surface area contributed by atoms with E-state index in [-0.39, 0.29) is 12.3 Å². The first-order valence-corrected chi connectivity index (χ1v) is 9.65. The molecular formula is C18H19F2NO5S. The minimum absolute atomic E-state index is 0.264. The Hall–Kier alpha value is -2.68. The van der Waals surface area contributed by atoms with Gasteiger partial charge in [-0.3, -0.25) is 4.79 Å². The normalized spacial score (nSPS) is 11.3. The van der Waals surface area contributed by atoms with Crippen LogP contribution in [0.2, 0.25) is 0 Å². The lowest BCUT2D eigenvalue weighted by Crippen LogP contribution is -2.20. The van der Waals surface area contributed by atoms with Crippen molar-refractivity contribution in [2.75, 3.05) is 18.5 Å². The third-order valence-corrected chi connectivity index (χ3v) is 4.77. The molecule has 1 N–H and O–H groups in total. The van der Waals surface area contributed by atoms with Crippen LogP contribution in [-0.4, -0.2) is 33.3 Å². The smallest absolute Gasteiger partial charge is 0.341 e. The number of hydrogen-bond acceptors (Lipinski definition) is 5. The van der Waals surface area contributed by atoms with E-state index in [1.165, 1.54) is 12.1 Å². The molecule has 0 radical (unpaired) electrons. The van der Waals surface area contributed by atoms with E-state index in [0.717, 1.165) is 18.6 Å². The molecule has 9 heteroatoms. The molecule has 146 valence electrons. The molecule has 0 fully saturated rings. The zero-order chi connectivity index (χ0) is 19.9. The number of hydrogen-bond donors (Lipinski definition) is 1. The zero-order valence-electron chi connectivity index (χ0n) is 14.5. The molecule has 0 aliphatic carbocycles. The zero-order valence-corrected chi connectivity index (χ0v) is 15.3. The molecule has 0 bridgehead atoms. The molecule has 0 aliphatic heterocycles. The fourth-order valence-corrected chi connectivity index (χ4v) is 2.75. The molecule has 0 heterocycles. The van der Waals surface area contributed by atoms with Crippen molar-refractivity contribution < 1.29 is 31.5 Å². The lowest BCUT2D eigenvalue weighted by Gasteiger charge is -2.09. The average molecular weight is 399 g/mol. The number of rotatable bonds is 9. The molecule has 0 atom stereocenters. The Kier molecular flexibility index (Phi) is 7.12. The van der Waals surface area contributed by atoms with Gasteiger partial charge in [-0.25, -0.2) is 8.42 Å². The van der Waals surface area contributed by atoms with Gasteiger partial charge >= 0.3 is 5.76 Å². The van der Waals surface area contributed by atoms with Crippen LogP contribution in [0.3, 0.4) is 0 Å². The van der Waals surface area contributed by atoms with E-state index >= 15 is 0 Å². The lowest BCUT2D eigenvalue weighted by molar-refractivity contribution is -0.118. The second-order valence-corrected chi connectivity index (χ2v) is 7.40. The van der Waals surface area contributed by atoms with Crippen LogP contribution < -0.4 is 14.8 Å². The van der Waals surface area contributed by atoms with Gasteiger partial charge < -0.3 is 14.8 Å². The highest BCUT2D eigenvalue weighted by Crippen LogP contribution is 2.20. The largest absolute Gasteiger partial charge is 0.494 e. The van der Waals surface area contributed by atoms with Gasteiger partial charge in [-0.1, -0.05) is 6.92 Å². The van der Waals surface area contributed by atoms with Crippen molar-refractivity contribution in [1.82, 2.24) is 0 Å². The lowest BCUT2D eigenvalue weighted by atomic mass is 10.3. The predicted octanol–water partition coefficient (Wildman–Crippen LogP) is 3.49. The standard InChI is InChI=1S/C18H19F2NO5S/c1-2-11-25-14-5-7-15(8-6-14)26-12-17(22)21-13-3-9-16(10-4-13)27(23,24)18(19)20/h3-10,18H,2,11-12H2,1H3,(H,21,22). The fraction of sp³-hybridized carbons (Fsp3) is 0.278. The number of halogens is 2. The van der Waals surface area contributed by atoms with Crippen LogP contribution in [0.4, 0.5) is 14.5 Å². The van der Waals surface area contributed by atoms with Crippen molar-refractivity contribution in [2.24, 2.45) is 0 Å². The summed E-state index contributed by atoms with van der Waals surface area (Å²) in [4.78, 5) is 11.4. The van der Waals surface area contributed by atoms with Gasteiger partial charge in [0.05, 0.1) is 11.5 Å². The molecular weight excluding hydrogens is 380 g/mol. The van der Waals surface area contributed by atoms with Gasteiger partial charge in [0.25, 0.3) is 5.91 Å². The summed E-state index contributed by atoms with van der Waals surface area (Å²) in [5, 5.41) is 2.49. The summed E-state index contributed by atoms with van der Waals surface area (Å²) in [6.07, 6.45) is 0.896. The van der Waals surface area contributed by atoms with Gasteiger partial charge in [0, 0.05) is 5.69 Å². The Morgan fingerprint density at radius 2 is 1.56 bits per heavy atom. The molecule has 2 rings (SSSR count). The topological polar surface area (TPSA) is 81.7 Å². The maximum absolute atomic E-state index is 12.5. The molecule has 2 aromatic rings. The number of nitrogens with one attached hydrogen (secondary N) is 1. The third-order valence-electron chi connectivity index (χ3n) is 3.37. The van der Waals surface area contributed by atoms with E-state index < -0.39 is 26.4 Å². The molecule has 0 saturated heterocycles. The summed E-state index contributed by atoms with van der Waals surface area (Å²) in [6, 6.07) is 11.3. The number of ether oxygens (including phenoxy) is 2. The minimum atomic E-state index is -4.66. The van der Waals surface area contributed by atoms with Crippen LogP contribution in [0.5, 0.6) is 11.5 Å². The second-order valence-electron chi connectivity index (χ2n) is 5.49. The van der Waals surface area contributed by atoms with Crippen LogP contribution in [0.1, 0.15) is 13.3 Å². The molecule has 1 amide bonds. The number of sulfone groups is 1. The van der Waals surface area contributed by atoms with E-state index in [2.05, 4.69) is 5.32 Å². The highest BCUT2D eigenvalue weighted by atomic mass is 32.2. The average Bonchev–Trinajstić information content (AvgIpc) is 2.66. The quantitative estimate of drug-likeness (QED) is 0.698. The van der Waals surface area contributed by atoms with Crippen LogP contribution >= 0.6 is 0 Å². The van der Waals surface area contributed by atoms with Gasteiger partial charge in [-0.15, -0.1) is 0 Å². The monoisotopic (exact) mass is 399 g/mol. The van der Waals surface area contributed by atoms with Crippen LogP contribution in [0.15, 0.2) is 53.4 Å². The van der Waals surface area contributed by atoms with Gasteiger partial charge in [0.2, 0.25) is 9.84 Å². The molecule has 0 aromatic heterocycles. The van der Waals surface area contributed by atoms with Crippen LogP contribution in [0, 0.1) is 0 Å². The number of alkyl halides is 2. The third kappa shape index (κ3) is 5.92. The summed E-state index contributed by atoms with van der Waals surface area (Å²) in [5.41, 5.74) is 0.264. The first kappa shape index (κ1) is 20.6. The van der Waals surface area contributed by atoms with Gasteiger partial charge in [-0.05, 0) is 55.0 Å². The maximum Gasteiger partial charge on any atom is 0.341 e. The fourth-order valence-electron chi connectivity index (χ4n) is 2.03. The summed E-state index contributed by atoms with van der Waals surface area (Å²) in [7, 11) is -4.66. The van der Waals surface area contributed by atoms with E-state index in [4.69, 9.17) is 9.47 Å². The van der Waals surface area contributed by atoms with Crippen molar-refractivity contribution in [1.29, 1.82) is 0 Å². The summed E-state index contributed by atoms with van der Waals surface area (Å²) >= 11 is 0. The first-order valence-electron chi connectivity index (χ1n) is 8.10. The number of carbonyl (C=O) groups is 1. The van der Waals surface area contributed by atoms with E-state index in [0.29, 0.717) is 18.1 Å². The highest BCUT2D eigenvalue weighted by Gasteiger charge is 2.26. The van der Waals surface area contributed by atoms with Gasteiger partial charge in [0.15, 0.2) is 6.61 Å². The van der Waals surface area contributed by atoms with Crippen molar-refractivity contribution in [2.45, 2.75) is 24.0 Å². The molecule has 0 spiro atoms. The molecule has 6 nitrogen and oxygen atoms in total. The van der Waals surface area contributed by atoms with Gasteiger partial charge in [-0.2, -0.15) is 8.78 Å². The van der Waals surface area contributed by atoms with Crippen molar-refractivity contribution in [3.63, 3.8) is 0 Å². The summed E-state index contributed by atoms with van der Waals surface area (Å²) < 4.78 is 58.4. The van der Waals surface area contributed by atoms with Crippen LogP contribution in [0.25, 0.3) is 0 Å². The Labute approximate surface area is 156 Å². The molecule has 2 aromatic carbocycles. The molecule has 0 saturated carbocycles. The van der Waals surface area contributed by atoms with Crippen molar-refractivity contribution >= 4 is 21.4 Å². The first-order chi connectivity index (χ1) is 12.8. The molecule has 0 unspecified atom stereocenters. The molecule has 27 heavy (non-hydrogen) atoms. The summed E-state index contributed by atoms with van der Waals surface area (Å²) in [5.74, 6) is -2.80. The number of carbonyl (C=O) groups excluding carboxylic acids is 1. The Morgan fingerprint density at radius 1 is 1.00 bits per heavy atom.